The van der Waals surface area contributed by atoms with Crippen molar-refractivity contribution in [2.45, 2.75) is 84.3 Å². The van der Waals surface area contributed by atoms with Gasteiger partial charge in [-0.3, -0.25) is 4.79 Å². The molecule has 0 aromatic carbocycles. The van der Waals surface area contributed by atoms with E-state index in [4.69, 9.17) is 4.74 Å². The first-order chi connectivity index (χ1) is 10.9. The van der Waals surface area contributed by atoms with Gasteiger partial charge in [-0.15, -0.1) is 0 Å². The maximum Gasteiger partial charge on any atom is 0.217 e. The van der Waals surface area contributed by atoms with Crippen LogP contribution in [0.2, 0.25) is 0 Å². The second-order valence-corrected chi connectivity index (χ2v) is 9.41. The first-order valence-corrected chi connectivity index (χ1v) is 9.84. The maximum atomic E-state index is 11.9. The zero-order valence-corrected chi connectivity index (χ0v) is 15.1. The van der Waals surface area contributed by atoms with Crippen LogP contribution in [0, 0.1) is 28.6 Å². The molecule has 2 bridgehead atoms. The summed E-state index contributed by atoms with van der Waals surface area (Å²) in [7, 11) is 0. The van der Waals surface area contributed by atoms with Crippen LogP contribution in [-0.2, 0) is 9.53 Å². The third kappa shape index (κ3) is 2.29. The molecule has 23 heavy (non-hydrogen) atoms. The molecular formula is C20H33NO2. The molecule has 0 aromatic heterocycles. The highest BCUT2D eigenvalue weighted by atomic mass is 16.5. The summed E-state index contributed by atoms with van der Waals surface area (Å²) in [5.74, 6) is 2.34. The first-order valence-electron chi connectivity index (χ1n) is 9.84. The minimum atomic E-state index is 0.143. The van der Waals surface area contributed by atoms with Crippen LogP contribution in [0.15, 0.2) is 0 Å². The Kier molecular flexibility index (Phi) is 3.79. The fourth-order valence-corrected chi connectivity index (χ4v) is 6.96. The number of carbonyl (C=O) groups excluding carboxylic acids is 1. The Bertz CT molecular complexity index is 482. The van der Waals surface area contributed by atoms with E-state index in [1.54, 1.807) is 6.92 Å². The number of fused-ring (bicyclic) bond motifs is 1. The van der Waals surface area contributed by atoms with Gasteiger partial charge in [0, 0.05) is 19.6 Å². The minimum Gasteiger partial charge on any atom is -0.378 e. The SMILES string of the molecule is CC(=O)N[C@H]1C(C)(C)[C@@H]2C[C@@H]3[C@@H](C4CCCCC4)OCC[C@@]31C2. The summed E-state index contributed by atoms with van der Waals surface area (Å²) < 4.78 is 6.39. The number of carbonyl (C=O) groups is 1. The van der Waals surface area contributed by atoms with E-state index in [9.17, 15) is 4.79 Å². The Hall–Kier alpha value is -0.570. The van der Waals surface area contributed by atoms with Gasteiger partial charge >= 0.3 is 0 Å². The van der Waals surface area contributed by atoms with Crippen LogP contribution in [0.1, 0.15) is 72.1 Å². The standard InChI is InChI=1S/C20H33NO2/c1-13(22)21-18-19(2,3)15-11-16-17(14-7-5-4-6-8-14)23-10-9-20(16,18)12-15/h14-18H,4-12H2,1-3H3,(H,21,22)/t15-,16-,17-,18+,20-/m1/s1. The van der Waals surface area contributed by atoms with Crippen molar-refractivity contribution in [1.29, 1.82) is 0 Å². The second kappa shape index (κ2) is 5.47. The Morgan fingerprint density at radius 1 is 1.17 bits per heavy atom. The molecule has 0 radical (unpaired) electrons. The molecule has 0 aromatic rings. The highest BCUT2D eigenvalue weighted by Gasteiger charge is 2.68. The van der Waals surface area contributed by atoms with E-state index in [0.29, 0.717) is 23.5 Å². The molecule has 4 fully saturated rings. The molecule has 5 atom stereocenters. The third-order valence-electron chi connectivity index (χ3n) is 8.01. The molecule has 1 spiro atoms. The molecule has 1 amide bonds. The van der Waals surface area contributed by atoms with E-state index in [2.05, 4.69) is 19.2 Å². The topological polar surface area (TPSA) is 38.3 Å². The Labute approximate surface area is 140 Å². The highest BCUT2D eigenvalue weighted by molar-refractivity contribution is 5.73. The summed E-state index contributed by atoms with van der Waals surface area (Å²) >= 11 is 0. The molecular weight excluding hydrogens is 286 g/mol. The van der Waals surface area contributed by atoms with Crippen molar-refractivity contribution >= 4 is 5.91 Å². The molecule has 3 nitrogen and oxygen atoms in total. The van der Waals surface area contributed by atoms with Crippen molar-refractivity contribution in [3.8, 4) is 0 Å². The maximum absolute atomic E-state index is 11.9. The van der Waals surface area contributed by atoms with Gasteiger partial charge < -0.3 is 10.1 Å². The van der Waals surface area contributed by atoms with Crippen molar-refractivity contribution in [3.05, 3.63) is 0 Å². The molecule has 0 unspecified atom stereocenters. The molecule has 3 aliphatic carbocycles. The van der Waals surface area contributed by atoms with Gasteiger partial charge in [0.2, 0.25) is 5.91 Å². The lowest BCUT2D eigenvalue weighted by atomic mass is 9.57. The van der Waals surface area contributed by atoms with Crippen LogP contribution < -0.4 is 5.32 Å². The molecule has 4 aliphatic rings. The van der Waals surface area contributed by atoms with Crippen LogP contribution in [0.5, 0.6) is 0 Å². The Balaban J connectivity index is 1.63. The van der Waals surface area contributed by atoms with Crippen molar-refractivity contribution < 1.29 is 9.53 Å². The number of nitrogens with one attached hydrogen (secondary N) is 1. The zero-order chi connectivity index (χ0) is 16.2. The van der Waals surface area contributed by atoms with Gasteiger partial charge in [0.1, 0.15) is 0 Å². The smallest absolute Gasteiger partial charge is 0.217 e. The number of amides is 1. The van der Waals surface area contributed by atoms with E-state index in [1.807, 2.05) is 0 Å². The lowest BCUT2D eigenvalue weighted by Crippen LogP contribution is -2.61. The molecule has 3 saturated carbocycles. The van der Waals surface area contributed by atoms with Gasteiger partial charge in [-0.05, 0) is 60.7 Å². The summed E-state index contributed by atoms with van der Waals surface area (Å²) in [5.41, 5.74) is 0.539. The molecule has 1 N–H and O–H groups in total. The predicted molar refractivity (Wildman–Crippen MR) is 91.0 cm³/mol. The van der Waals surface area contributed by atoms with E-state index >= 15 is 0 Å². The quantitative estimate of drug-likeness (QED) is 0.838. The number of hydrogen-bond acceptors (Lipinski definition) is 2. The lowest BCUT2D eigenvalue weighted by molar-refractivity contribution is -0.149. The van der Waals surface area contributed by atoms with Crippen LogP contribution in [0.3, 0.4) is 0 Å². The van der Waals surface area contributed by atoms with Gasteiger partial charge in [-0.2, -0.15) is 0 Å². The first kappa shape index (κ1) is 15.9. The summed E-state index contributed by atoms with van der Waals surface area (Å²) in [6.45, 7) is 7.35. The predicted octanol–water partition coefficient (Wildman–Crippen LogP) is 3.91. The van der Waals surface area contributed by atoms with Crippen LogP contribution in [0.25, 0.3) is 0 Å². The minimum absolute atomic E-state index is 0.143. The molecule has 3 heteroatoms. The Morgan fingerprint density at radius 3 is 2.61 bits per heavy atom. The Morgan fingerprint density at radius 2 is 1.91 bits per heavy atom. The summed E-state index contributed by atoms with van der Waals surface area (Å²) in [5, 5.41) is 3.38. The number of hydrogen-bond donors (Lipinski definition) is 1. The molecule has 130 valence electrons. The fourth-order valence-electron chi connectivity index (χ4n) is 6.96. The summed E-state index contributed by atoms with van der Waals surface area (Å²) in [6.07, 6.45) is 11.1. The number of rotatable bonds is 2. The lowest BCUT2D eigenvalue weighted by Gasteiger charge is -2.54. The third-order valence-corrected chi connectivity index (χ3v) is 8.01. The number of ether oxygens (including phenoxy) is 1. The van der Waals surface area contributed by atoms with Crippen molar-refractivity contribution in [1.82, 2.24) is 5.32 Å². The van der Waals surface area contributed by atoms with E-state index < -0.39 is 0 Å². The fraction of sp³-hybridized carbons (Fsp3) is 0.950. The average Bonchev–Trinajstić information content (AvgIpc) is 3.01. The average molecular weight is 319 g/mol. The molecule has 1 heterocycles. The van der Waals surface area contributed by atoms with Crippen LogP contribution >= 0.6 is 0 Å². The van der Waals surface area contributed by atoms with Crippen molar-refractivity contribution in [3.63, 3.8) is 0 Å². The van der Waals surface area contributed by atoms with E-state index in [-0.39, 0.29) is 11.3 Å². The molecule has 1 aliphatic heterocycles. The largest absolute Gasteiger partial charge is 0.378 e. The normalized spacial score (nSPS) is 45.7. The van der Waals surface area contributed by atoms with E-state index in [0.717, 1.165) is 24.9 Å². The summed E-state index contributed by atoms with van der Waals surface area (Å²) in [4.78, 5) is 11.9. The van der Waals surface area contributed by atoms with Gasteiger partial charge in [0.05, 0.1) is 6.10 Å². The molecule has 1 saturated heterocycles. The zero-order valence-electron chi connectivity index (χ0n) is 15.1. The van der Waals surface area contributed by atoms with Crippen molar-refractivity contribution in [2.75, 3.05) is 6.61 Å². The van der Waals surface area contributed by atoms with Gasteiger partial charge in [-0.25, -0.2) is 0 Å². The monoisotopic (exact) mass is 319 g/mol. The highest BCUT2D eigenvalue weighted by Crippen LogP contribution is 2.69. The van der Waals surface area contributed by atoms with Gasteiger partial charge in [-0.1, -0.05) is 33.1 Å². The molecule has 4 rings (SSSR count). The second-order valence-electron chi connectivity index (χ2n) is 9.41. The van der Waals surface area contributed by atoms with Gasteiger partial charge in [0.15, 0.2) is 0 Å². The van der Waals surface area contributed by atoms with Crippen LogP contribution in [-0.4, -0.2) is 24.7 Å². The van der Waals surface area contributed by atoms with Gasteiger partial charge in [0.25, 0.3) is 0 Å². The van der Waals surface area contributed by atoms with Crippen LogP contribution in [0.4, 0.5) is 0 Å². The van der Waals surface area contributed by atoms with Crippen molar-refractivity contribution in [2.24, 2.45) is 28.6 Å². The van der Waals surface area contributed by atoms with E-state index in [1.165, 1.54) is 44.9 Å². The summed E-state index contributed by atoms with van der Waals surface area (Å²) in [6, 6.07) is 0.339.